The van der Waals surface area contributed by atoms with Gasteiger partial charge in [-0.2, -0.15) is 0 Å². The Labute approximate surface area is 65.2 Å². The molecule has 0 radical (unpaired) electrons. The summed E-state index contributed by atoms with van der Waals surface area (Å²) in [5.41, 5.74) is 1.21. The molecule has 0 amide bonds. The predicted octanol–water partition coefficient (Wildman–Crippen LogP) is 2.80. The molecule has 0 rings (SSSR count). The van der Waals surface area contributed by atoms with Gasteiger partial charge in [-0.3, -0.25) is 0 Å². The van der Waals surface area contributed by atoms with Crippen molar-refractivity contribution in [2.75, 3.05) is 6.61 Å². The van der Waals surface area contributed by atoms with Crippen molar-refractivity contribution in [3.8, 4) is 0 Å². The van der Waals surface area contributed by atoms with Crippen molar-refractivity contribution < 1.29 is 4.43 Å². The summed E-state index contributed by atoms with van der Waals surface area (Å²) in [5, 5.41) is 0. The summed E-state index contributed by atoms with van der Waals surface area (Å²) in [6.45, 7) is 13.3. The maximum atomic E-state index is 5.62. The van der Waals surface area contributed by atoms with Gasteiger partial charge in [0, 0.05) is 6.61 Å². The summed E-state index contributed by atoms with van der Waals surface area (Å²) < 4.78 is 5.62. The van der Waals surface area contributed by atoms with Crippen molar-refractivity contribution in [2.24, 2.45) is 0 Å². The molecule has 0 aromatic carbocycles. The van der Waals surface area contributed by atoms with E-state index in [1.54, 1.807) is 0 Å². The van der Waals surface area contributed by atoms with Gasteiger partial charge < -0.3 is 4.43 Å². The molecule has 0 N–H and O–H groups in total. The first kappa shape index (κ1) is 9.92. The van der Waals surface area contributed by atoms with Gasteiger partial charge >= 0.3 is 0 Å². The van der Waals surface area contributed by atoms with Crippen LogP contribution >= 0.6 is 0 Å². The van der Waals surface area contributed by atoms with Gasteiger partial charge in [-0.15, -0.1) is 6.58 Å². The third kappa shape index (κ3) is 7.92. The Bertz CT molecular complexity index is 113. The first-order valence-corrected chi connectivity index (χ1v) is 7.11. The van der Waals surface area contributed by atoms with E-state index in [1.807, 2.05) is 6.92 Å². The Morgan fingerprint density at radius 1 is 1.40 bits per heavy atom. The Kier molecular flexibility index (Phi) is 3.90. The topological polar surface area (TPSA) is 9.23 Å². The van der Waals surface area contributed by atoms with Gasteiger partial charge in [0.15, 0.2) is 8.32 Å². The summed E-state index contributed by atoms with van der Waals surface area (Å²) >= 11 is 0. The second-order valence-electron chi connectivity index (χ2n) is 3.67. The molecule has 0 saturated heterocycles. The van der Waals surface area contributed by atoms with E-state index < -0.39 is 8.32 Å². The average Bonchev–Trinajstić information content (AvgIpc) is 1.59. The average molecular weight is 158 g/mol. The third-order valence-electron chi connectivity index (χ3n) is 1.06. The van der Waals surface area contributed by atoms with E-state index in [-0.39, 0.29) is 0 Å². The molecule has 0 saturated carbocycles. The van der Waals surface area contributed by atoms with Crippen LogP contribution in [0.1, 0.15) is 13.3 Å². The fraction of sp³-hybridized carbons (Fsp3) is 0.750. The van der Waals surface area contributed by atoms with Crippen LogP contribution in [0.3, 0.4) is 0 Å². The van der Waals surface area contributed by atoms with Crippen LogP contribution in [0.25, 0.3) is 0 Å². The zero-order valence-corrected chi connectivity index (χ0v) is 8.53. The normalized spacial score (nSPS) is 11.6. The lowest BCUT2D eigenvalue weighted by molar-refractivity contribution is 0.315. The molecule has 0 aromatic rings. The minimum atomic E-state index is -1.27. The van der Waals surface area contributed by atoms with E-state index in [2.05, 4.69) is 26.2 Å². The molecule has 0 unspecified atom stereocenters. The Morgan fingerprint density at radius 3 is 2.20 bits per heavy atom. The zero-order chi connectivity index (χ0) is 8.20. The monoisotopic (exact) mass is 158 g/mol. The quantitative estimate of drug-likeness (QED) is 0.451. The van der Waals surface area contributed by atoms with Crippen molar-refractivity contribution >= 4 is 8.32 Å². The van der Waals surface area contributed by atoms with E-state index in [4.69, 9.17) is 4.43 Å². The Balaban J connectivity index is 3.29. The Hall–Kier alpha value is -0.0831. The second-order valence-corrected chi connectivity index (χ2v) is 8.18. The summed E-state index contributed by atoms with van der Waals surface area (Å²) in [5.74, 6) is 0. The van der Waals surface area contributed by atoms with E-state index >= 15 is 0 Å². The molecular formula is C8H18OSi. The molecule has 0 atom stereocenters. The molecule has 0 aliphatic carbocycles. The van der Waals surface area contributed by atoms with Gasteiger partial charge in [-0.25, -0.2) is 0 Å². The van der Waals surface area contributed by atoms with Crippen LogP contribution in [0.15, 0.2) is 12.2 Å². The smallest absolute Gasteiger partial charge is 0.183 e. The van der Waals surface area contributed by atoms with E-state index in [1.165, 1.54) is 5.57 Å². The van der Waals surface area contributed by atoms with Crippen molar-refractivity contribution in [3.05, 3.63) is 12.2 Å². The molecule has 2 heteroatoms. The van der Waals surface area contributed by atoms with Crippen LogP contribution in [0.2, 0.25) is 19.6 Å². The zero-order valence-electron chi connectivity index (χ0n) is 7.53. The fourth-order valence-corrected chi connectivity index (χ4v) is 1.25. The molecule has 0 fully saturated rings. The van der Waals surface area contributed by atoms with Crippen LogP contribution in [0.5, 0.6) is 0 Å². The minimum Gasteiger partial charge on any atom is -0.417 e. The highest BCUT2D eigenvalue weighted by Crippen LogP contribution is 2.05. The predicted molar refractivity (Wildman–Crippen MR) is 48.7 cm³/mol. The summed E-state index contributed by atoms with van der Waals surface area (Å²) in [4.78, 5) is 0. The molecular weight excluding hydrogens is 140 g/mol. The first-order valence-electron chi connectivity index (χ1n) is 3.70. The molecule has 0 heterocycles. The highest BCUT2D eigenvalue weighted by Gasteiger charge is 2.12. The van der Waals surface area contributed by atoms with E-state index in [0.29, 0.717) is 0 Å². The molecule has 0 spiro atoms. The maximum Gasteiger partial charge on any atom is 0.183 e. The van der Waals surface area contributed by atoms with E-state index in [9.17, 15) is 0 Å². The molecule has 0 aromatic heterocycles. The largest absolute Gasteiger partial charge is 0.417 e. The lowest BCUT2D eigenvalue weighted by Gasteiger charge is -2.16. The lowest BCUT2D eigenvalue weighted by Crippen LogP contribution is -2.25. The van der Waals surface area contributed by atoms with Gasteiger partial charge in [-0.05, 0) is 33.0 Å². The summed E-state index contributed by atoms with van der Waals surface area (Å²) in [7, 11) is -1.27. The van der Waals surface area contributed by atoms with Gasteiger partial charge in [0.25, 0.3) is 0 Å². The maximum absolute atomic E-state index is 5.62. The number of hydrogen-bond acceptors (Lipinski definition) is 1. The standard InChI is InChI=1S/C8H18OSi/c1-8(2)6-7-9-10(3,4)5/h1,6-7H2,2-5H3. The number of rotatable bonds is 4. The van der Waals surface area contributed by atoms with Crippen molar-refractivity contribution in [2.45, 2.75) is 33.0 Å². The van der Waals surface area contributed by atoms with Crippen molar-refractivity contribution in [1.82, 2.24) is 0 Å². The van der Waals surface area contributed by atoms with Gasteiger partial charge in [0.1, 0.15) is 0 Å². The van der Waals surface area contributed by atoms with Crippen LogP contribution in [-0.2, 0) is 4.43 Å². The number of hydrogen-bond donors (Lipinski definition) is 0. The SMILES string of the molecule is C=C(C)CCO[Si](C)(C)C. The van der Waals surface area contributed by atoms with Crippen LogP contribution in [0.4, 0.5) is 0 Å². The molecule has 60 valence electrons. The highest BCUT2D eigenvalue weighted by molar-refractivity contribution is 6.69. The second kappa shape index (κ2) is 3.94. The van der Waals surface area contributed by atoms with E-state index in [0.717, 1.165) is 13.0 Å². The van der Waals surface area contributed by atoms with Crippen molar-refractivity contribution in [3.63, 3.8) is 0 Å². The van der Waals surface area contributed by atoms with Crippen LogP contribution in [0, 0.1) is 0 Å². The summed E-state index contributed by atoms with van der Waals surface area (Å²) in [6.07, 6.45) is 1.00. The lowest BCUT2D eigenvalue weighted by atomic mass is 10.3. The summed E-state index contributed by atoms with van der Waals surface area (Å²) in [6, 6.07) is 0. The molecule has 0 aliphatic heterocycles. The van der Waals surface area contributed by atoms with Gasteiger partial charge in [-0.1, -0.05) is 5.57 Å². The van der Waals surface area contributed by atoms with Gasteiger partial charge in [0.2, 0.25) is 0 Å². The van der Waals surface area contributed by atoms with Crippen LogP contribution < -0.4 is 0 Å². The molecule has 0 bridgehead atoms. The fourth-order valence-electron chi connectivity index (χ4n) is 0.531. The first-order chi connectivity index (χ1) is 4.42. The molecule has 1 nitrogen and oxygen atoms in total. The third-order valence-corrected chi connectivity index (χ3v) is 2.13. The van der Waals surface area contributed by atoms with Gasteiger partial charge in [0.05, 0.1) is 0 Å². The molecule has 10 heavy (non-hydrogen) atoms. The highest BCUT2D eigenvalue weighted by atomic mass is 28.4. The molecule has 0 aliphatic rings. The van der Waals surface area contributed by atoms with Crippen molar-refractivity contribution in [1.29, 1.82) is 0 Å². The minimum absolute atomic E-state index is 0.852. The Morgan fingerprint density at radius 2 is 1.90 bits per heavy atom. The van der Waals surface area contributed by atoms with Crippen LogP contribution in [-0.4, -0.2) is 14.9 Å².